The predicted molar refractivity (Wildman–Crippen MR) is 71.7 cm³/mol. The molecule has 6 heteroatoms. The van der Waals surface area contributed by atoms with Crippen LogP contribution in [0.1, 0.15) is 6.92 Å². The third-order valence-electron chi connectivity index (χ3n) is 2.48. The minimum Gasteiger partial charge on any atom is -0.399 e. The van der Waals surface area contributed by atoms with E-state index in [9.17, 15) is 9.18 Å². The first-order valence-electron chi connectivity index (χ1n) is 5.85. The number of rotatable bonds is 5. The van der Waals surface area contributed by atoms with E-state index in [-0.39, 0.29) is 24.1 Å². The van der Waals surface area contributed by atoms with Crippen molar-refractivity contribution in [3.05, 3.63) is 24.0 Å². The van der Waals surface area contributed by atoms with Crippen LogP contribution in [0, 0.1) is 23.1 Å². The molecule has 5 nitrogen and oxygen atoms in total. The van der Waals surface area contributed by atoms with Crippen molar-refractivity contribution in [1.29, 1.82) is 5.26 Å². The Hall–Kier alpha value is -2.13. The lowest BCUT2D eigenvalue weighted by Crippen LogP contribution is -2.33. The third-order valence-corrected chi connectivity index (χ3v) is 2.48. The molecule has 1 aromatic carbocycles. The molecule has 0 aromatic heterocycles. The Balaban J connectivity index is 2.56. The molecule has 0 spiro atoms. The number of likely N-dealkylation sites (N-methyl/N-ethyl adjacent to an activating group) is 1. The Morgan fingerprint density at radius 3 is 2.95 bits per heavy atom. The van der Waals surface area contributed by atoms with Gasteiger partial charge >= 0.3 is 0 Å². The molecule has 1 atom stereocenters. The van der Waals surface area contributed by atoms with Gasteiger partial charge in [0.2, 0.25) is 5.91 Å². The SMILES string of the molecule is CC(C#N)CN(C)CC(=O)Nc1cc(N)ccc1F. The van der Waals surface area contributed by atoms with Crippen molar-refractivity contribution < 1.29 is 9.18 Å². The molecule has 1 unspecified atom stereocenters. The van der Waals surface area contributed by atoms with Crippen LogP contribution in [-0.2, 0) is 4.79 Å². The zero-order valence-electron chi connectivity index (χ0n) is 11.0. The van der Waals surface area contributed by atoms with Crippen LogP contribution in [0.3, 0.4) is 0 Å². The molecular weight excluding hydrogens is 247 g/mol. The summed E-state index contributed by atoms with van der Waals surface area (Å²) in [6, 6.07) is 6.07. The van der Waals surface area contributed by atoms with E-state index in [0.717, 1.165) is 0 Å². The number of amides is 1. The molecule has 0 aliphatic heterocycles. The third kappa shape index (κ3) is 4.94. The van der Waals surface area contributed by atoms with Crippen molar-refractivity contribution in [2.45, 2.75) is 6.92 Å². The van der Waals surface area contributed by atoms with E-state index in [4.69, 9.17) is 11.0 Å². The normalized spacial score (nSPS) is 11.9. The second-order valence-electron chi connectivity index (χ2n) is 4.51. The second kappa shape index (κ2) is 6.71. The summed E-state index contributed by atoms with van der Waals surface area (Å²) in [4.78, 5) is 13.4. The first kappa shape index (κ1) is 14.9. The fourth-order valence-corrected chi connectivity index (χ4v) is 1.65. The van der Waals surface area contributed by atoms with Gasteiger partial charge in [0.15, 0.2) is 0 Å². The number of hydrogen-bond donors (Lipinski definition) is 2. The maximum atomic E-state index is 13.4. The Bertz CT molecular complexity index is 498. The number of anilines is 2. The van der Waals surface area contributed by atoms with Crippen LogP contribution in [0.4, 0.5) is 15.8 Å². The molecule has 19 heavy (non-hydrogen) atoms. The van der Waals surface area contributed by atoms with Gasteiger partial charge in [-0.1, -0.05) is 0 Å². The smallest absolute Gasteiger partial charge is 0.238 e. The Morgan fingerprint density at radius 2 is 2.32 bits per heavy atom. The highest BCUT2D eigenvalue weighted by atomic mass is 19.1. The molecule has 1 aromatic rings. The fourth-order valence-electron chi connectivity index (χ4n) is 1.65. The van der Waals surface area contributed by atoms with Crippen LogP contribution < -0.4 is 11.1 Å². The van der Waals surface area contributed by atoms with Crippen molar-refractivity contribution in [2.75, 3.05) is 31.2 Å². The van der Waals surface area contributed by atoms with Crippen LogP contribution in [0.5, 0.6) is 0 Å². The number of hydrogen-bond acceptors (Lipinski definition) is 4. The number of nitrogens with two attached hydrogens (primary N) is 1. The largest absolute Gasteiger partial charge is 0.399 e. The summed E-state index contributed by atoms with van der Waals surface area (Å²) in [7, 11) is 1.73. The molecule has 0 aliphatic carbocycles. The number of benzene rings is 1. The summed E-state index contributed by atoms with van der Waals surface area (Å²) in [5.41, 5.74) is 5.96. The highest BCUT2D eigenvalue weighted by Gasteiger charge is 2.12. The highest BCUT2D eigenvalue weighted by Crippen LogP contribution is 2.17. The molecule has 1 rings (SSSR count). The van der Waals surface area contributed by atoms with Gasteiger partial charge in [0, 0.05) is 12.2 Å². The van der Waals surface area contributed by atoms with Crippen LogP contribution in [0.15, 0.2) is 18.2 Å². The van der Waals surface area contributed by atoms with E-state index in [1.165, 1.54) is 18.2 Å². The number of nitrogens with zero attached hydrogens (tertiary/aromatic N) is 2. The topological polar surface area (TPSA) is 82.2 Å². The summed E-state index contributed by atoms with van der Waals surface area (Å²) >= 11 is 0. The summed E-state index contributed by atoms with van der Waals surface area (Å²) in [6.07, 6.45) is 0. The molecule has 0 radical (unpaired) electrons. The van der Waals surface area contributed by atoms with Gasteiger partial charge in [0.25, 0.3) is 0 Å². The van der Waals surface area contributed by atoms with Gasteiger partial charge in [0.1, 0.15) is 5.82 Å². The van der Waals surface area contributed by atoms with Gasteiger partial charge in [-0.15, -0.1) is 0 Å². The predicted octanol–water partition coefficient (Wildman–Crippen LogP) is 1.44. The standard InChI is InChI=1S/C13H17FN4O/c1-9(6-15)7-18(2)8-13(19)17-12-5-10(16)3-4-11(12)14/h3-5,9H,7-8,16H2,1-2H3,(H,17,19). The van der Waals surface area contributed by atoms with Crippen LogP contribution in [0.2, 0.25) is 0 Å². The fraction of sp³-hybridized carbons (Fsp3) is 0.385. The van der Waals surface area contributed by atoms with E-state index < -0.39 is 5.82 Å². The molecule has 1 amide bonds. The maximum absolute atomic E-state index is 13.4. The van der Waals surface area contributed by atoms with Gasteiger partial charge in [-0.3, -0.25) is 9.69 Å². The maximum Gasteiger partial charge on any atom is 0.238 e. The zero-order chi connectivity index (χ0) is 14.4. The van der Waals surface area contributed by atoms with Crippen LogP contribution >= 0.6 is 0 Å². The number of carbonyl (C=O) groups is 1. The Kier molecular flexibility index (Phi) is 5.27. The van der Waals surface area contributed by atoms with Gasteiger partial charge in [-0.2, -0.15) is 5.26 Å². The lowest BCUT2D eigenvalue weighted by Gasteiger charge is -2.17. The average molecular weight is 264 g/mol. The van der Waals surface area contributed by atoms with Gasteiger partial charge < -0.3 is 11.1 Å². The Labute approximate surface area is 111 Å². The van der Waals surface area contributed by atoms with Crippen LogP contribution in [-0.4, -0.2) is 30.9 Å². The molecule has 0 bridgehead atoms. The van der Waals surface area contributed by atoms with Crippen LogP contribution in [0.25, 0.3) is 0 Å². The molecule has 0 aliphatic rings. The summed E-state index contributed by atoms with van der Waals surface area (Å²) < 4.78 is 13.4. The number of nitrogen functional groups attached to an aromatic ring is 1. The molecule has 0 saturated heterocycles. The van der Waals surface area contributed by atoms with Crippen molar-refractivity contribution in [2.24, 2.45) is 5.92 Å². The molecular formula is C13H17FN4O. The molecule has 0 heterocycles. The minimum absolute atomic E-state index is 0.0618. The second-order valence-corrected chi connectivity index (χ2v) is 4.51. The highest BCUT2D eigenvalue weighted by molar-refractivity contribution is 5.92. The van der Waals surface area contributed by atoms with Gasteiger partial charge in [-0.25, -0.2) is 4.39 Å². The molecule has 3 N–H and O–H groups in total. The Morgan fingerprint density at radius 1 is 1.63 bits per heavy atom. The van der Waals surface area contributed by atoms with Gasteiger partial charge in [-0.05, 0) is 32.2 Å². The van der Waals surface area contributed by atoms with Gasteiger partial charge in [0.05, 0.1) is 24.2 Å². The number of nitriles is 1. The lowest BCUT2D eigenvalue weighted by molar-refractivity contribution is -0.117. The monoisotopic (exact) mass is 264 g/mol. The molecule has 0 fully saturated rings. The van der Waals surface area contributed by atoms with E-state index in [0.29, 0.717) is 12.2 Å². The number of carbonyl (C=O) groups excluding carboxylic acids is 1. The quantitative estimate of drug-likeness (QED) is 0.788. The molecule has 0 saturated carbocycles. The van der Waals surface area contributed by atoms with E-state index in [2.05, 4.69) is 11.4 Å². The summed E-state index contributed by atoms with van der Waals surface area (Å²) in [6.45, 7) is 2.33. The minimum atomic E-state index is -0.532. The van der Waals surface area contributed by atoms with E-state index >= 15 is 0 Å². The summed E-state index contributed by atoms with van der Waals surface area (Å²) in [5, 5.41) is 11.1. The molecule has 102 valence electrons. The lowest BCUT2D eigenvalue weighted by atomic mass is 10.2. The van der Waals surface area contributed by atoms with E-state index in [1.54, 1.807) is 18.9 Å². The summed E-state index contributed by atoms with van der Waals surface area (Å²) in [5.74, 6) is -1.05. The first-order chi connectivity index (χ1) is 8.92. The number of halogens is 1. The average Bonchev–Trinajstić information content (AvgIpc) is 2.33. The van der Waals surface area contributed by atoms with Crippen molar-refractivity contribution in [3.63, 3.8) is 0 Å². The zero-order valence-corrected chi connectivity index (χ0v) is 11.0. The van der Waals surface area contributed by atoms with Crippen molar-refractivity contribution in [3.8, 4) is 6.07 Å². The first-order valence-corrected chi connectivity index (χ1v) is 5.85. The van der Waals surface area contributed by atoms with Crippen molar-refractivity contribution >= 4 is 17.3 Å². The number of nitrogens with one attached hydrogen (secondary N) is 1. The van der Waals surface area contributed by atoms with Crippen molar-refractivity contribution in [1.82, 2.24) is 4.90 Å². The van der Waals surface area contributed by atoms with E-state index in [1.807, 2.05) is 0 Å².